The topological polar surface area (TPSA) is 37.3 Å². The molecule has 0 unspecified atom stereocenters. The highest BCUT2D eigenvalue weighted by Gasteiger charge is 1.96. The molecule has 114 valence electrons. The predicted octanol–water partition coefficient (Wildman–Crippen LogP) is 5.65. The second-order valence-electron chi connectivity index (χ2n) is 5.23. The number of unbranched alkanes of at least 4 members (excludes halogenated alkanes) is 9. The lowest BCUT2D eigenvalue weighted by Gasteiger charge is -2.01. The summed E-state index contributed by atoms with van der Waals surface area (Å²) in [4.78, 5) is 10.3. The van der Waals surface area contributed by atoms with E-state index < -0.39 is 5.97 Å². The van der Waals surface area contributed by atoms with Gasteiger partial charge in [0.1, 0.15) is 0 Å². The van der Waals surface area contributed by atoms with E-state index in [1.165, 1.54) is 51.4 Å². The van der Waals surface area contributed by atoms with E-state index in [1.54, 1.807) is 0 Å². The van der Waals surface area contributed by atoms with Crippen LogP contribution in [0.5, 0.6) is 0 Å². The maximum atomic E-state index is 10.3. The molecule has 0 aliphatic carbocycles. The van der Waals surface area contributed by atoms with Gasteiger partial charge >= 0.3 is 5.97 Å². The highest BCUT2D eigenvalue weighted by Crippen LogP contribution is 2.11. The summed E-state index contributed by atoms with van der Waals surface area (Å²) in [5.41, 5.74) is 2.76. The molecule has 2 heteroatoms. The van der Waals surface area contributed by atoms with E-state index in [-0.39, 0.29) is 0 Å². The number of hydrogen-bond donors (Lipinski definition) is 1. The monoisotopic (exact) mass is 278 g/mol. The molecule has 0 aromatic carbocycles. The average molecular weight is 278 g/mol. The second-order valence-corrected chi connectivity index (χ2v) is 5.23. The van der Waals surface area contributed by atoms with Crippen molar-refractivity contribution in [2.45, 2.75) is 77.0 Å². The number of allylic oxidation sites excluding steroid dienone is 3. The highest BCUT2D eigenvalue weighted by molar-refractivity contribution is 5.66. The van der Waals surface area contributed by atoms with Crippen molar-refractivity contribution < 1.29 is 9.90 Å². The smallest absolute Gasteiger partial charge is 0.303 e. The normalized spacial score (nSPS) is 10.6. The summed E-state index contributed by atoms with van der Waals surface area (Å²) in [5, 5.41) is 8.50. The third-order valence-corrected chi connectivity index (χ3v) is 3.33. The van der Waals surface area contributed by atoms with Crippen LogP contribution in [0.1, 0.15) is 77.0 Å². The maximum absolute atomic E-state index is 10.3. The molecule has 0 aromatic heterocycles. The van der Waals surface area contributed by atoms with Gasteiger partial charge in [0.15, 0.2) is 0 Å². The molecule has 0 rings (SSSR count). The molecule has 0 aliphatic heterocycles. The zero-order valence-corrected chi connectivity index (χ0v) is 12.8. The molecule has 0 atom stereocenters. The van der Waals surface area contributed by atoms with Crippen LogP contribution in [-0.4, -0.2) is 11.1 Å². The maximum Gasteiger partial charge on any atom is 0.303 e. The number of carboxylic acids is 1. The van der Waals surface area contributed by atoms with Gasteiger partial charge in [-0.3, -0.25) is 4.79 Å². The van der Waals surface area contributed by atoms with Crippen LogP contribution in [0.3, 0.4) is 0 Å². The minimum atomic E-state index is -0.667. The molecule has 0 heterocycles. The minimum Gasteiger partial charge on any atom is -0.481 e. The Morgan fingerprint density at radius 1 is 0.900 bits per heavy atom. The molecule has 0 aliphatic rings. The Labute approximate surface area is 124 Å². The first-order valence-corrected chi connectivity index (χ1v) is 7.98. The first-order chi connectivity index (χ1) is 9.77. The fraction of sp³-hybridized carbons (Fsp3) is 0.667. The summed E-state index contributed by atoms with van der Waals surface area (Å²) in [6.45, 7) is 3.53. The van der Waals surface area contributed by atoms with Crippen molar-refractivity contribution in [2.24, 2.45) is 0 Å². The molecule has 0 radical (unpaired) electrons. The molecule has 0 bridgehead atoms. The zero-order valence-electron chi connectivity index (χ0n) is 12.8. The van der Waals surface area contributed by atoms with E-state index in [1.807, 2.05) is 6.08 Å². The standard InChI is InChI=1S/C18H30O2/c1-2-3-4-5-6-7-8-9-10-11-12-13-14-15-16-17-18(19)20/h3,5-6H,1,4,7-17H2,(H,19,20). The van der Waals surface area contributed by atoms with Gasteiger partial charge in [0, 0.05) is 6.42 Å². The van der Waals surface area contributed by atoms with Crippen LogP contribution in [0.15, 0.2) is 30.5 Å². The van der Waals surface area contributed by atoms with Crippen LogP contribution in [-0.2, 0) is 4.79 Å². The fourth-order valence-electron chi connectivity index (χ4n) is 2.14. The van der Waals surface area contributed by atoms with E-state index >= 15 is 0 Å². The van der Waals surface area contributed by atoms with Gasteiger partial charge in [-0.15, -0.1) is 5.73 Å². The lowest BCUT2D eigenvalue weighted by Crippen LogP contribution is -1.93. The Morgan fingerprint density at radius 3 is 2.00 bits per heavy atom. The van der Waals surface area contributed by atoms with Crippen molar-refractivity contribution in [1.82, 2.24) is 0 Å². The highest BCUT2D eigenvalue weighted by atomic mass is 16.4. The number of carbonyl (C=O) groups is 1. The molecule has 0 saturated heterocycles. The van der Waals surface area contributed by atoms with Gasteiger partial charge in [-0.2, -0.15) is 0 Å². The molecule has 0 fully saturated rings. The number of aliphatic carboxylic acids is 1. The molecule has 2 nitrogen and oxygen atoms in total. The van der Waals surface area contributed by atoms with E-state index in [0.29, 0.717) is 6.42 Å². The Hall–Kier alpha value is -1.27. The molecule has 1 N–H and O–H groups in total. The quantitative estimate of drug-likeness (QED) is 0.253. The Bertz CT molecular complexity index is 299. The Morgan fingerprint density at radius 2 is 1.45 bits per heavy atom. The number of hydrogen-bond acceptors (Lipinski definition) is 1. The lowest BCUT2D eigenvalue weighted by molar-refractivity contribution is -0.137. The summed E-state index contributed by atoms with van der Waals surface area (Å²) >= 11 is 0. The fourth-order valence-corrected chi connectivity index (χ4v) is 2.14. The zero-order chi connectivity index (χ0) is 14.9. The second kappa shape index (κ2) is 15.8. The first kappa shape index (κ1) is 18.7. The van der Waals surface area contributed by atoms with Crippen LogP contribution in [0.25, 0.3) is 0 Å². The van der Waals surface area contributed by atoms with Gasteiger partial charge in [-0.1, -0.05) is 63.7 Å². The van der Waals surface area contributed by atoms with E-state index in [9.17, 15) is 4.79 Å². The molecule has 0 aromatic rings. The van der Waals surface area contributed by atoms with Gasteiger partial charge < -0.3 is 5.11 Å². The molecule has 0 spiro atoms. The largest absolute Gasteiger partial charge is 0.481 e. The summed E-state index contributed by atoms with van der Waals surface area (Å²) in [7, 11) is 0. The van der Waals surface area contributed by atoms with E-state index in [4.69, 9.17) is 5.11 Å². The molecule has 20 heavy (non-hydrogen) atoms. The minimum absolute atomic E-state index is 0.329. The molecular formula is C18H30O2. The first-order valence-electron chi connectivity index (χ1n) is 7.98. The van der Waals surface area contributed by atoms with Crippen molar-refractivity contribution in [3.05, 3.63) is 30.5 Å². The molecular weight excluding hydrogens is 248 g/mol. The Balaban J connectivity index is 3.07. The summed E-state index contributed by atoms with van der Waals surface area (Å²) < 4.78 is 0. The molecule has 0 saturated carbocycles. The summed E-state index contributed by atoms with van der Waals surface area (Å²) in [5.74, 6) is -0.667. The van der Waals surface area contributed by atoms with Crippen molar-refractivity contribution in [2.75, 3.05) is 0 Å². The average Bonchev–Trinajstić information content (AvgIpc) is 2.43. The number of carboxylic acid groups (broad SMARTS) is 1. The third-order valence-electron chi connectivity index (χ3n) is 3.33. The van der Waals surface area contributed by atoms with Crippen molar-refractivity contribution >= 4 is 5.97 Å². The van der Waals surface area contributed by atoms with Gasteiger partial charge in [-0.05, 0) is 31.8 Å². The predicted molar refractivity (Wildman–Crippen MR) is 85.9 cm³/mol. The number of rotatable bonds is 14. The van der Waals surface area contributed by atoms with Crippen LogP contribution < -0.4 is 0 Å². The Kier molecular flexibility index (Phi) is 14.8. The van der Waals surface area contributed by atoms with Gasteiger partial charge in [0.25, 0.3) is 0 Å². The lowest BCUT2D eigenvalue weighted by atomic mass is 10.1. The summed E-state index contributed by atoms with van der Waals surface area (Å²) in [6, 6.07) is 0. The summed E-state index contributed by atoms with van der Waals surface area (Å²) in [6.07, 6.45) is 19.7. The van der Waals surface area contributed by atoms with Crippen LogP contribution in [0, 0.1) is 0 Å². The van der Waals surface area contributed by atoms with Crippen molar-refractivity contribution in [3.8, 4) is 0 Å². The van der Waals surface area contributed by atoms with Gasteiger partial charge in [-0.25, -0.2) is 0 Å². The van der Waals surface area contributed by atoms with Crippen LogP contribution in [0.2, 0.25) is 0 Å². The van der Waals surface area contributed by atoms with Gasteiger partial charge in [0.2, 0.25) is 0 Å². The molecule has 0 amide bonds. The van der Waals surface area contributed by atoms with Crippen LogP contribution in [0.4, 0.5) is 0 Å². The van der Waals surface area contributed by atoms with Crippen LogP contribution >= 0.6 is 0 Å². The van der Waals surface area contributed by atoms with E-state index in [2.05, 4.69) is 24.5 Å². The van der Waals surface area contributed by atoms with Crippen molar-refractivity contribution in [3.63, 3.8) is 0 Å². The van der Waals surface area contributed by atoms with Crippen molar-refractivity contribution in [1.29, 1.82) is 0 Å². The van der Waals surface area contributed by atoms with E-state index in [0.717, 1.165) is 19.3 Å². The third kappa shape index (κ3) is 16.7. The van der Waals surface area contributed by atoms with Gasteiger partial charge in [0.05, 0.1) is 0 Å². The SMILES string of the molecule is C=C=CCC=CCCCCCCCCCCCC(=O)O.